The van der Waals surface area contributed by atoms with Crippen molar-refractivity contribution in [1.29, 1.82) is 0 Å². The number of carbonyl (C=O) groups excluding carboxylic acids is 2. The molecule has 3 aromatic rings. The van der Waals surface area contributed by atoms with Crippen molar-refractivity contribution in [2.75, 3.05) is 29.1 Å². The van der Waals surface area contributed by atoms with Crippen LogP contribution in [-0.4, -0.2) is 25.4 Å². The van der Waals surface area contributed by atoms with Crippen molar-refractivity contribution in [1.82, 2.24) is 0 Å². The lowest BCUT2D eigenvalue weighted by atomic mass is 10.1. The van der Waals surface area contributed by atoms with E-state index in [1.54, 1.807) is 54.4 Å². The number of nitrogens with zero attached hydrogens (tertiary/aromatic N) is 1. The standard InChI is InChI=1S/C22H19Cl2N3O2/c1-27(17-6-3-2-4-7-17)22(29)15-10-12-16(13-11-15)25-14-20(28)26-19-9-5-8-18(23)21(19)24/h2-13,25H,14H2,1H3,(H,26,28). The fourth-order valence-corrected chi connectivity index (χ4v) is 3.02. The van der Waals surface area contributed by atoms with E-state index in [4.69, 9.17) is 23.2 Å². The molecule has 2 N–H and O–H groups in total. The summed E-state index contributed by atoms with van der Waals surface area (Å²) in [5.74, 6) is -0.380. The summed E-state index contributed by atoms with van der Waals surface area (Å²) in [6.45, 7) is 0.0417. The number of hydrogen-bond acceptors (Lipinski definition) is 3. The lowest BCUT2D eigenvalue weighted by molar-refractivity contribution is -0.114. The molecule has 3 aromatic carbocycles. The molecular formula is C22H19Cl2N3O2. The van der Waals surface area contributed by atoms with Crippen LogP contribution in [0.15, 0.2) is 72.8 Å². The SMILES string of the molecule is CN(C(=O)c1ccc(NCC(=O)Nc2cccc(Cl)c2Cl)cc1)c1ccccc1. The number of hydrogen-bond donors (Lipinski definition) is 2. The summed E-state index contributed by atoms with van der Waals surface area (Å²) in [4.78, 5) is 26.3. The lowest BCUT2D eigenvalue weighted by Crippen LogP contribution is -2.26. The van der Waals surface area contributed by atoms with Crippen molar-refractivity contribution in [3.63, 3.8) is 0 Å². The molecule has 0 aliphatic rings. The zero-order valence-electron chi connectivity index (χ0n) is 15.7. The molecule has 0 saturated heterocycles. The van der Waals surface area contributed by atoms with Crippen LogP contribution in [0.4, 0.5) is 17.1 Å². The van der Waals surface area contributed by atoms with Crippen molar-refractivity contribution in [3.8, 4) is 0 Å². The summed E-state index contributed by atoms with van der Waals surface area (Å²) in [6.07, 6.45) is 0. The molecule has 0 atom stereocenters. The van der Waals surface area contributed by atoms with E-state index in [0.717, 1.165) is 11.4 Å². The predicted octanol–water partition coefficient (Wildman–Crippen LogP) is 5.32. The van der Waals surface area contributed by atoms with Gasteiger partial charge in [0.15, 0.2) is 0 Å². The van der Waals surface area contributed by atoms with Crippen molar-refractivity contribution in [2.24, 2.45) is 0 Å². The maximum absolute atomic E-state index is 12.6. The molecule has 0 radical (unpaired) electrons. The molecule has 2 amide bonds. The van der Waals surface area contributed by atoms with Crippen LogP contribution < -0.4 is 15.5 Å². The number of nitrogens with one attached hydrogen (secondary N) is 2. The van der Waals surface area contributed by atoms with Crippen LogP contribution in [0.2, 0.25) is 10.0 Å². The van der Waals surface area contributed by atoms with Gasteiger partial charge in [-0.25, -0.2) is 0 Å². The summed E-state index contributed by atoms with van der Waals surface area (Å²) >= 11 is 12.0. The minimum absolute atomic E-state index is 0.0417. The molecule has 0 aromatic heterocycles. The Hall–Kier alpha value is -3.02. The maximum Gasteiger partial charge on any atom is 0.258 e. The Kier molecular flexibility index (Phi) is 6.75. The summed E-state index contributed by atoms with van der Waals surface area (Å²) in [7, 11) is 1.73. The largest absolute Gasteiger partial charge is 0.376 e. The molecule has 0 heterocycles. The molecule has 5 nitrogen and oxygen atoms in total. The van der Waals surface area contributed by atoms with Gasteiger partial charge in [-0.05, 0) is 48.5 Å². The highest BCUT2D eigenvalue weighted by Crippen LogP contribution is 2.29. The Labute approximate surface area is 179 Å². The summed E-state index contributed by atoms with van der Waals surface area (Å²) in [5, 5.41) is 6.39. The zero-order valence-corrected chi connectivity index (χ0v) is 17.2. The normalized spacial score (nSPS) is 10.3. The number of benzene rings is 3. The summed E-state index contributed by atoms with van der Waals surface area (Å²) < 4.78 is 0. The molecule has 29 heavy (non-hydrogen) atoms. The van der Waals surface area contributed by atoms with Crippen LogP contribution in [-0.2, 0) is 4.79 Å². The van der Waals surface area contributed by atoms with Gasteiger partial charge in [0.25, 0.3) is 5.91 Å². The van der Waals surface area contributed by atoms with E-state index in [1.165, 1.54) is 0 Å². The Balaban J connectivity index is 1.57. The van der Waals surface area contributed by atoms with E-state index in [2.05, 4.69) is 10.6 Å². The fraction of sp³-hybridized carbons (Fsp3) is 0.0909. The Morgan fingerprint density at radius 2 is 1.59 bits per heavy atom. The molecule has 0 aliphatic carbocycles. The second-order valence-corrected chi connectivity index (χ2v) is 7.07. The van der Waals surface area contributed by atoms with Gasteiger partial charge in [0.2, 0.25) is 5.91 Å². The topological polar surface area (TPSA) is 61.4 Å². The quantitative estimate of drug-likeness (QED) is 0.559. The number of carbonyl (C=O) groups is 2. The van der Waals surface area contributed by atoms with Crippen LogP contribution >= 0.6 is 23.2 Å². The second kappa shape index (κ2) is 9.45. The average Bonchev–Trinajstić information content (AvgIpc) is 2.75. The van der Waals surface area contributed by atoms with Gasteiger partial charge in [-0.2, -0.15) is 0 Å². The fourth-order valence-electron chi connectivity index (χ4n) is 2.67. The average molecular weight is 428 g/mol. The highest BCUT2D eigenvalue weighted by molar-refractivity contribution is 6.44. The molecule has 0 aliphatic heterocycles. The van der Waals surface area contributed by atoms with Crippen molar-refractivity contribution < 1.29 is 9.59 Å². The third-order valence-corrected chi connectivity index (χ3v) is 5.08. The summed E-state index contributed by atoms with van der Waals surface area (Å²) in [6, 6.07) is 21.4. The first-order valence-electron chi connectivity index (χ1n) is 8.86. The molecule has 0 fully saturated rings. The number of para-hydroxylation sites is 1. The van der Waals surface area contributed by atoms with E-state index in [9.17, 15) is 9.59 Å². The van der Waals surface area contributed by atoms with Crippen LogP contribution in [0.1, 0.15) is 10.4 Å². The first-order chi connectivity index (χ1) is 14.0. The van der Waals surface area contributed by atoms with Gasteiger partial charge in [-0.1, -0.05) is 47.5 Å². The van der Waals surface area contributed by atoms with Gasteiger partial charge < -0.3 is 15.5 Å². The van der Waals surface area contributed by atoms with E-state index < -0.39 is 0 Å². The van der Waals surface area contributed by atoms with Crippen LogP contribution in [0, 0.1) is 0 Å². The van der Waals surface area contributed by atoms with Gasteiger partial charge in [0.05, 0.1) is 22.3 Å². The molecule has 7 heteroatoms. The monoisotopic (exact) mass is 427 g/mol. The van der Waals surface area contributed by atoms with Crippen LogP contribution in [0.25, 0.3) is 0 Å². The van der Waals surface area contributed by atoms with Crippen molar-refractivity contribution in [3.05, 3.63) is 88.4 Å². The van der Waals surface area contributed by atoms with Gasteiger partial charge in [0, 0.05) is 24.0 Å². The van der Waals surface area contributed by atoms with Crippen LogP contribution in [0.5, 0.6) is 0 Å². The van der Waals surface area contributed by atoms with Gasteiger partial charge in [-0.3, -0.25) is 9.59 Å². The molecule has 148 valence electrons. The molecule has 3 rings (SSSR count). The van der Waals surface area contributed by atoms with Crippen LogP contribution in [0.3, 0.4) is 0 Å². The molecule has 0 unspecified atom stereocenters. The van der Waals surface area contributed by atoms with E-state index in [0.29, 0.717) is 21.3 Å². The Bertz CT molecular complexity index is 1010. The molecular weight excluding hydrogens is 409 g/mol. The Morgan fingerprint density at radius 3 is 2.28 bits per heavy atom. The molecule has 0 bridgehead atoms. The molecule has 0 spiro atoms. The van der Waals surface area contributed by atoms with Gasteiger partial charge >= 0.3 is 0 Å². The zero-order chi connectivity index (χ0) is 20.8. The third-order valence-electron chi connectivity index (χ3n) is 4.26. The van der Waals surface area contributed by atoms with E-state index in [1.807, 2.05) is 30.3 Å². The predicted molar refractivity (Wildman–Crippen MR) is 119 cm³/mol. The minimum Gasteiger partial charge on any atom is -0.376 e. The first kappa shape index (κ1) is 20.7. The smallest absolute Gasteiger partial charge is 0.258 e. The first-order valence-corrected chi connectivity index (χ1v) is 9.62. The molecule has 0 saturated carbocycles. The number of anilines is 3. The number of halogens is 2. The lowest BCUT2D eigenvalue weighted by Gasteiger charge is -2.17. The van der Waals surface area contributed by atoms with E-state index in [-0.39, 0.29) is 18.4 Å². The van der Waals surface area contributed by atoms with Crippen molar-refractivity contribution >= 4 is 52.1 Å². The van der Waals surface area contributed by atoms with Gasteiger partial charge in [0.1, 0.15) is 0 Å². The van der Waals surface area contributed by atoms with E-state index >= 15 is 0 Å². The highest BCUT2D eigenvalue weighted by atomic mass is 35.5. The highest BCUT2D eigenvalue weighted by Gasteiger charge is 2.13. The maximum atomic E-state index is 12.6. The number of amides is 2. The minimum atomic E-state index is -0.266. The summed E-state index contributed by atoms with van der Waals surface area (Å²) in [5.41, 5.74) is 2.54. The van der Waals surface area contributed by atoms with Gasteiger partial charge in [-0.15, -0.1) is 0 Å². The number of rotatable bonds is 6. The Morgan fingerprint density at radius 1 is 0.897 bits per heavy atom. The second-order valence-electron chi connectivity index (χ2n) is 6.28. The van der Waals surface area contributed by atoms with Crippen molar-refractivity contribution in [2.45, 2.75) is 0 Å². The third kappa shape index (κ3) is 5.28.